The SMILES string of the molecule is CCCOC(=O)C(NCC(O)COc1ccc(O)cc1)Oc1ccccc1. The maximum absolute atomic E-state index is 12.2. The highest BCUT2D eigenvalue weighted by molar-refractivity contribution is 5.74. The zero-order valence-corrected chi connectivity index (χ0v) is 15.2. The van der Waals surface area contributed by atoms with Gasteiger partial charge in [-0.3, -0.25) is 5.32 Å². The zero-order chi connectivity index (χ0) is 19.5. The van der Waals surface area contributed by atoms with Crippen molar-refractivity contribution in [3.05, 3.63) is 54.6 Å². The van der Waals surface area contributed by atoms with E-state index in [0.717, 1.165) is 0 Å². The Morgan fingerprint density at radius 1 is 1.07 bits per heavy atom. The third-order valence-corrected chi connectivity index (χ3v) is 3.48. The minimum atomic E-state index is -1.04. The topological polar surface area (TPSA) is 97.3 Å². The lowest BCUT2D eigenvalue weighted by Crippen LogP contribution is -2.46. The van der Waals surface area contributed by atoms with Gasteiger partial charge in [-0.2, -0.15) is 0 Å². The van der Waals surface area contributed by atoms with E-state index < -0.39 is 18.3 Å². The van der Waals surface area contributed by atoms with Crippen LogP contribution in [0, 0.1) is 0 Å². The number of para-hydroxylation sites is 1. The Morgan fingerprint density at radius 3 is 2.44 bits per heavy atom. The summed E-state index contributed by atoms with van der Waals surface area (Å²) in [5.74, 6) is 0.619. The Bertz CT molecular complexity index is 677. The van der Waals surface area contributed by atoms with Crippen LogP contribution in [0.5, 0.6) is 17.2 Å². The fraction of sp³-hybridized carbons (Fsp3) is 0.350. The summed E-state index contributed by atoms with van der Waals surface area (Å²) in [4.78, 5) is 12.2. The van der Waals surface area contributed by atoms with E-state index >= 15 is 0 Å². The first-order chi connectivity index (χ1) is 13.1. The van der Waals surface area contributed by atoms with Crippen molar-refractivity contribution in [2.75, 3.05) is 19.8 Å². The number of hydrogen-bond donors (Lipinski definition) is 3. The Morgan fingerprint density at radius 2 is 1.78 bits per heavy atom. The number of carbonyl (C=O) groups is 1. The van der Waals surface area contributed by atoms with Crippen LogP contribution < -0.4 is 14.8 Å². The molecule has 27 heavy (non-hydrogen) atoms. The summed E-state index contributed by atoms with van der Waals surface area (Å²) in [7, 11) is 0. The number of carbonyl (C=O) groups excluding carboxylic acids is 1. The predicted octanol–water partition coefficient (Wildman–Crippen LogP) is 2.08. The van der Waals surface area contributed by atoms with Gasteiger partial charge in [-0.25, -0.2) is 4.79 Å². The van der Waals surface area contributed by atoms with E-state index in [1.54, 1.807) is 36.4 Å². The molecule has 0 amide bonds. The maximum atomic E-state index is 12.2. The molecule has 3 N–H and O–H groups in total. The van der Waals surface area contributed by atoms with Crippen molar-refractivity contribution in [1.29, 1.82) is 0 Å². The first kappa shape index (κ1) is 20.5. The maximum Gasteiger partial charge on any atom is 0.363 e. The summed E-state index contributed by atoms with van der Waals surface area (Å²) >= 11 is 0. The molecule has 0 aliphatic heterocycles. The second-order valence-corrected chi connectivity index (χ2v) is 5.85. The lowest BCUT2D eigenvalue weighted by atomic mass is 10.3. The molecule has 0 saturated heterocycles. The lowest BCUT2D eigenvalue weighted by molar-refractivity contribution is -0.153. The predicted molar refractivity (Wildman–Crippen MR) is 99.7 cm³/mol. The molecule has 7 nitrogen and oxygen atoms in total. The quantitative estimate of drug-likeness (QED) is 0.409. The van der Waals surface area contributed by atoms with Gasteiger partial charge in [0.25, 0.3) is 0 Å². The monoisotopic (exact) mass is 375 g/mol. The minimum Gasteiger partial charge on any atom is -0.508 e. The smallest absolute Gasteiger partial charge is 0.363 e. The summed E-state index contributed by atoms with van der Waals surface area (Å²) in [6.45, 7) is 2.27. The number of nitrogens with one attached hydrogen (secondary N) is 1. The summed E-state index contributed by atoms with van der Waals surface area (Å²) in [5.41, 5.74) is 0. The van der Waals surface area contributed by atoms with Crippen molar-refractivity contribution >= 4 is 5.97 Å². The van der Waals surface area contributed by atoms with E-state index in [1.807, 2.05) is 13.0 Å². The average Bonchev–Trinajstić information content (AvgIpc) is 2.69. The van der Waals surface area contributed by atoms with Gasteiger partial charge < -0.3 is 24.4 Å². The number of phenols is 1. The fourth-order valence-electron chi connectivity index (χ4n) is 2.12. The van der Waals surface area contributed by atoms with Gasteiger partial charge >= 0.3 is 5.97 Å². The Kier molecular flexibility index (Phi) is 8.41. The number of ether oxygens (including phenoxy) is 3. The number of aromatic hydroxyl groups is 1. The molecule has 0 aromatic heterocycles. The van der Waals surface area contributed by atoms with Gasteiger partial charge in [0.05, 0.1) is 6.61 Å². The summed E-state index contributed by atoms with van der Waals surface area (Å²) < 4.78 is 16.2. The molecule has 2 aromatic carbocycles. The standard InChI is InChI=1S/C20H25NO6/c1-2-12-25-20(24)19(27-18-6-4-3-5-7-18)21-13-16(23)14-26-17-10-8-15(22)9-11-17/h3-11,16,19,21-23H,2,12-14H2,1H3. The number of esters is 1. The van der Waals surface area contributed by atoms with Gasteiger partial charge in [0.1, 0.15) is 30.0 Å². The second kappa shape index (κ2) is 11.1. The Labute approximate surface area is 158 Å². The van der Waals surface area contributed by atoms with Gasteiger partial charge in [0.2, 0.25) is 6.23 Å². The van der Waals surface area contributed by atoms with Gasteiger partial charge in [-0.15, -0.1) is 0 Å². The summed E-state index contributed by atoms with van der Waals surface area (Å²) in [6.07, 6.45) is -1.21. The molecule has 0 saturated carbocycles. The highest BCUT2D eigenvalue weighted by Gasteiger charge is 2.22. The van der Waals surface area contributed by atoms with E-state index in [2.05, 4.69) is 5.32 Å². The van der Waals surface area contributed by atoms with Crippen LogP contribution in [0.3, 0.4) is 0 Å². The van der Waals surface area contributed by atoms with Crippen LogP contribution in [0.25, 0.3) is 0 Å². The minimum absolute atomic E-state index is 0.0137. The fourth-order valence-corrected chi connectivity index (χ4v) is 2.12. The zero-order valence-electron chi connectivity index (χ0n) is 15.2. The molecule has 0 bridgehead atoms. The lowest BCUT2D eigenvalue weighted by Gasteiger charge is -2.21. The number of aliphatic hydroxyl groups excluding tert-OH is 1. The van der Waals surface area contributed by atoms with Crippen molar-refractivity contribution in [1.82, 2.24) is 5.32 Å². The molecule has 2 rings (SSSR count). The molecule has 2 atom stereocenters. The van der Waals surface area contributed by atoms with Gasteiger partial charge in [0, 0.05) is 6.54 Å². The van der Waals surface area contributed by atoms with E-state index in [4.69, 9.17) is 14.2 Å². The van der Waals surface area contributed by atoms with Gasteiger partial charge in [-0.05, 0) is 42.8 Å². The van der Waals surface area contributed by atoms with Crippen LogP contribution >= 0.6 is 0 Å². The van der Waals surface area contributed by atoms with Gasteiger partial charge in [0.15, 0.2) is 0 Å². The molecule has 146 valence electrons. The molecule has 2 unspecified atom stereocenters. The number of benzene rings is 2. The molecule has 2 aromatic rings. The molecule has 0 fully saturated rings. The van der Waals surface area contributed by atoms with Crippen LogP contribution in [0.2, 0.25) is 0 Å². The van der Waals surface area contributed by atoms with Crippen LogP contribution in [0.15, 0.2) is 54.6 Å². The normalized spacial score (nSPS) is 12.8. The number of phenolic OH excluding ortho intramolecular Hbond substituents is 1. The first-order valence-corrected chi connectivity index (χ1v) is 8.80. The van der Waals surface area contributed by atoms with Crippen molar-refractivity contribution in [2.45, 2.75) is 25.7 Å². The van der Waals surface area contributed by atoms with Crippen molar-refractivity contribution < 1.29 is 29.2 Å². The van der Waals surface area contributed by atoms with Gasteiger partial charge in [-0.1, -0.05) is 25.1 Å². The molecular weight excluding hydrogens is 350 g/mol. The highest BCUT2D eigenvalue weighted by atomic mass is 16.6. The van der Waals surface area contributed by atoms with Crippen molar-refractivity contribution in [3.8, 4) is 17.2 Å². The van der Waals surface area contributed by atoms with Crippen LogP contribution in [0.1, 0.15) is 13.3 Å². The third kappa shape index (κ3) is 7.55. The summed E-state index contributed by atoms with van der Waals surface area (Å²) in [6, 6.07) is 15.1. The number of aliphatic hydroxyl groups is 1. The van der Waals surface area contributed by atoms with Crippen LogP contribution in [-0.4, -0.2) is 48.3 Å². The highest BCUT2D eigenvalue weighted by Crippen LogP contribution is 2.16. The molecule has 0 spiro atoms. The van der Waals surface area contributed by atoms with Crippen molar-refractivity contribution in [3.63, 3.8) is 0 Å². The van der Waals surface area contributed by atoms with E-state index in [0.29, 0.717) is 24.5 Å². The van der Waals surface area contributed by atoms with E-state index in [-0.39, 0.29) is 18.9 Å². The Balaban J connectivity index is 1.85. The van der Waals surface area contributed by atoms with E-state index in [1.165, 1.54) is 12.1 Å². The molecular formula is C20H25NO6. The Hall–Kier alpha value is -2.77. The van der Waals surface area contributed by atoms with Crippen molar-refractivity contribution in [2.24, 2.45) is 0 Å². The molecule has 7 heteroatoms. The van der Waals surface area contributed by atoms with Crippen LogP contribution in [-0.2, 0) is 9.53 Å². The third-order valence-electron chi connectivity index (χ3n) is 3.48. The van der Waals surface area contributed by atoms with E-state index in [9.17, 15) is 15.0 Å². The molecule has 0 aliphatic carbocycles. The molecule has 0 heterocycles. The average molecular weight is 375 g/mol. The number of rotatable bonds is 11. The summed E-state index contributed by atoms with van der Waals surface area (Å²) in [5, 5.41) is 22.2. The number of hydrogen-bond acceptors (Lipinski definition) is 7. The molecule has 0 radical (unpaired) electrons. The second-order valence-electron chi connectivity index (χ2n) is 5.85. The van der Waals surface area contributed by atoms with Crippen LogP contribution in [0.4, 0.5) is 0 Å². The first-order valence-electron chi connectivity index (χ1n) is 8.80. The molecule has 0 aliphatic rings. The largest absolute Gasteiger partial charge is 0.508 e.